The minimum absolute atomic E-state index is 0.143. The molecule has 0 spiro atoms. The number of nitrogens with two attached hydrogens (primary N) is 1. The first-order valence-electron chi connectivity index (χ1n) is 10.8. The van der Waals surface area contributed by atoms with Crippen LogP contribution in [-0.2, 0) is 14.3 Å². The SMILES string of the molecule is C[C@H](NC(=O)COC(=O)CCCCCNC(N)=O)C12CC3CC(CC(C3)C1)C2. The van der Waals surface area contributed by atoms with Gasteiger partial charge in [0, 0.05) is 19.0 Å². The zero-order valence-corrected chi connectivity index (χ0v) is 17.0. The lowest BCUT2D eigenvalue weighted by Crippen LogP contribution is -2.56. The summed E-state index contributed by atoms with van der Waals surface area (Å²) in [7, 11) is 0. The van der Waals surface area contributed by atoms with Gasteiger partial charge in [-0.2, -0.15) is 0 Å². The molecule has 4 fully saturated rings. The van der Waals surface area contributed by atoms with Crippen LogP contribution in [0.15, 0.2) is 0 Å². The molecule has 0 radical (unpaired) electrons. The lowest BCUT2D eigenvalue weighted by molar-refractivity contribution is -0.149. The minimum atomic E-state index is -0.534. The summed E-state index contributed by atoms with van der Waals surface area (Å²) in [5.74, 6) is 2.01. The zero-order chi connectivity index (χ0) is 20.1. The van der Waals surface area contributed by atoms with E-state index in [-0.39, 0.29) is 36.4 Å². The molecule has 4 bridgehead atoms. The molecule has 4 saturated carbocycles. The first-order chi connectivity index (χ1) is 13.4. The summed E-state index contributed by atoms with van der Waals surface area (Å²) in [6, 6.07) is -0.391. The fourth-order valence-electron chi connectivity index (χ4n) is 6.15. The highest BCUT2D eigenvalue weighted by atomic mass is 16.5. The molecule has 7 heteroatoms. The van der Waals surface area contributed by atoms with Crippen LogP contribution in [0.4, 0.5) is 4.79 Å². The minimum Gasteiger partial charge on any atom is -0.456 e. The summed E-state index contributed by atoms with van der Waals surface area (Å²) < 4.78 is 5.13. The topological polar surface area (TPSA) is 111 Å². The predicted molar refractivity (Wildman–Crippen MR) is 105 cm³/mol. The van der Waals surface area contributed by atoms with Gasteiger partial charge in [0.2, 0.25) is 0 Å². The van der Waals surface area contributed by atoms with Crippen molar-refractivity contribution in [2.45, 2.75) is 77.2 Å². The molecule has 0 aromatic heterocycles. The van der Waals surface area contributed by atoms with Crippen LogP contribution in [0.5, 0.6) is 0 Å². The molecular weight excluding hydrogens is 358 g/mol. The van der Waals surface area contributed by atoms with Crippen LogP contribution in [-0.4, -0.2) is 37.1 Å². The van der Waals surface area contributed by atoms with Crippen molar-refractivity contribution in [3.05, 3.63) is 0 Å². The molecule has 7 nitrogen and oxygen atoms in total. The molecular formula is C21H35N3O4. The summed E-state index contributed by atoms with van der Waals surface area (Å²) in [5, 5.41) is 5.63. The average molecular weight is 394 g/mol. The first kappa shape index (κ1) is 20.9. The summed E-state index contributed by atoms with van der Waals surface area (Å²) in [6.07, 6.45) is 10.4. The molecule has 0 saturated heterocycles. The van der Waals surface area contributed by atoms with Crippen LogP contribution in [0, 0.1) is 23.2 Å². The van der Waals surface area contributed by atoms with Crippen LogP contribution < -0.4 is 16.4 Å². The summed E-state index contributed by atoms with van der Waals surface area (Å²) in [4.78, 5) is 34.6. The Bertz CT molecular complexity index is 557. The molecule has 4 N–H and O–H groups in total. The second-order valence-electron chi connectivity index (χ2n) is 9.33. The van der Waals surface area contributed by atoms with E-state index in [1.807, 2.05) is 0 Å². The van der Waals surface area contributed by atoms with E-state index in [4.69, 9.17) is 10.5 Å². The Hall–Kier alpha value is -1.79. The summed E-state index contributed by atoms with van der Waals surface area (Å²) >= 11 is 0. The Kier molecular flexibility index (Phi) is 6.83. The average Bonchev–Trinajstić information content (AvgIpc) is 2.61. The summed E-state index contributed by atoms with van der Waals surface area (Å²) in [5.41, 5.74) is 5.24. The van der Waals surface area contributed by atoms with Gasteiger partial charge in [-0.3, -0.25) is 9.59 Å². The molecule has 4 rings (SSSR count). The summed E-state index contributed by atoms with van der Waals surface area (Å²) in [6.45, 7) is 2.45. The third-order valence-electron chi connectivity index (χ3n) is 7.10. The lowest BCUT2D eigenvalue weighted by atomic mass is 9.48. The Labute approximate surface area is 167 Å². The van der Waals surface area contributed by atoms with E-state index >= 15 is 0 Å². The molecule has 0 aromatic rings. The van der Waals surface area contributed by atoms with Gasteiger partial charge in [-0.15, -0.1) is 0 Å². The van der Waals surface area contributed by atoms with E-state index in [1.54, 1.807) is 0 Å². The molecule has 4 aliphatic rings. The second-order valence-corrected chi connectivity index (χ2v) is 9.33. The number of esters is 1. The molecule has 0 heterocycles. The fraction of sp³-hybridized carbons (Fsp3) is 0.857. The van der Waals surface area contributed by atoms with E-state index in [0.29, 0.717) is 13.0 Å². The number of rotatable bonds is 10. The fourth-order valence-corrected chi connectivity index (χ4v) is 6.15. The maximum atomic E-state index is 12.3. The van der Waals surface area contributed by atoms with Crippen LogP contribution in [0.1, 0.15) is 71.1 Å². The van der Waals surface area contributed by atoms with Crippen molar-refractivity contribution in [3.63, 3.8) is 0 Å². The van der Waals surface area contributed by atoms with Crippen molar-refractivity contribution < 1.29 is 19.1 Å². The number of hydrogen-bond donors (Lipinski definition) is 3. The number of hydrogen-bond acceptors (Lipinski definition) is 4. The quantitative estimate of drug-likeness (QED) is 0.391. The van der Waals surface area contributed by atoms with Gasteiger partial charge in [0.15, 0.2) is 6.61 Å². The van der Waals surface area contributed by atoms with E-state index < -0.39 is 6.03 Å². The number of carbonyl (C=O) groups is 3. The monoisotopic (exact) mass is 393 g/mol. The second kappa shape index (κ2) is 9.14. The highest BCUT2D eigenvalue weighted by Gasteiger charge is 2.53. The van der Waals surface area contributed by atoms with Gasteiger partial charge in [-0.25, -0.2) is 4.79 Å². The lowest BCUT2D eigenvalue weighted by Gasteiger charge is -2.59. The van der Waals surface area contributed by atoms with Crippen molar-refractivity contribution >= 4 is 17.9 Å². The number of nitrogens with one attached hydrogen (secondary N) is 2. The molecule has 158 valence electrons. The van der Waals surface area contributed by atoms with Gasteiger partial charge in [0.25, 0.3) is 5.91 Å². The maximum absolute atomic E-state index is 12.3. The van der Waals surface area contributed by atoms with Gasteiger partial charge < -0.3 is 21.1 Å². The van der Waals surface area contributed by atoms with Gasteiger partial charge in [-0.05, 0) is 81.5 Å². The van der Waals surface area contributed by atoms with E-state index in [9.17, 15) is 14.4 Å². The predicted octanol–water partition coefficient (Wildman–Crippen LogP) is 2.48. The van der Waals surface area contributed by atoms with Crippen LogP contribution in [0.2, 0.25) is 0 Å². The number of amides is 3. The third-order valence-corrected chi connectivity index (χ3v) is 7.10. The van der Waals surface area contributed by atoms with Crippen LogP contribution >= 0.6 is 0 Å². The van der Waals surface area contributed by atoms with Crippen LogP contribution in [0.25, 0.3) is 0 Å². The van der Waals surface area contributed by atoms with Crippen molar-refractivity contribution in [1.29, 1.82) is 0 Å². The van der Waals surface area contributed by atoms with Crippen LogP contribution in [0.3, 0.4) is 0 Å². The van der Waals surface area contributed by atoms with Crippen molar-refractivity contribution in [2.24, 2.45) is 28.9 Å². The van der Waals surface area contributed by atoms with Gasteiger partial charge in [0.1, 0.15) is 0 Å². The Morgan fingerprint density at radius 3 is 2.21 bits per heavy atom. The van der Waals surface area contributed by atoms with Gasteiger partial charge in [-0.1, -0.05) is 6.42 Å². The standard InChI is InChI=1S/C21H35N3O4/c1-14(21-10-15-7-16(11-21)9-17(8-15)12-21)24-18(25)13-28-19(26)5-3-2-4-6-23-20(22)27/h14-17H,2-13H2,1H3,(H,24,25)(H3,22,23,27)/t14-,15?,16?,17?,21?/m0/s1. The van der Waals surface area contributed by atoms with Crippen molar-refractivity contribution in [3.8, 4) is 0 Å². The molecule has 1 atom stereocenters. The number of primary amides is 1. The molecule has 0 aliphatic heterocycles. The van der Waals surface area contributed by atoms with E-state index in [1.165, 1.54) is 38.5 Å². The number of carbonyl (C=O) groups excluding carboxylic acids is 3. The molecule has 0 aromatic carbocycles. The molecule has 4 aliphatic carbocycles. The Morgan fingerprint density at radius 2 is 1.64 bits per heavy atom. The van der Waals surface area contributed by atoms with Gasteiger partial charge >= 0.3 is 12.0 Å². The number of ether oxygens (including phenoxy) is 1. The highest BCUT2D eigenvalue weighted by molar-refractivity contribution is 5.80. The van der Waals surface area contributed by atoms with Crippen molar-refractivity contribution in [1.82, 2.24) is 10.6 Å². The molecule has 0 unspecified atom stereocenters. The molecule has 3 amide bonds. The maximum Gasteiger partial charge on any atom is 0.312 e. The molecule has 28 heavy (non-hydrogen) atoms. The number of urea groups is 1. The Morgan fingerprint density at radius 1 is 1.04 bits per heavy atom. The highest BCUT2D eigenvalue weighted by Crippen LogP contribution is 2.61. The smallest absolute Gasteiger partial charge is 0.312 e. The normalized spacial score (nSPS) is 31.2. The van der Waals surface area contributed by atoms with E-state index in [0.717, 1.165) is 30.6 Å². The zero-order valence-electron chi connectivity index (χ0n) is 17.0. The Balaban J connectivity index is 1.31. The van der Waals surface area contributed by atoms with Gasteiger partial charge in [0.05, 0.1) is 0 Å². The first-order valence-corrected chi connectivity index (χ1v) is 10.8. The van der Waals surface area contributed by atoms with E-state index in [2.05, 4.69) is 17.6 Å². The number of unbranched alkanes of at least 4 members (excludes halogenated alkanes) is 2. The largest absolute Gasteiger partial charge is 0.456 e. The van der Waals surface area contributed by atoms with Crippen molar-refractivity contribution in [2.75, 3.05) is 13.2 Å². The third kappa shape index (κ3) is 5.39.